The first-order chi connectivity index (χ1) is 9.28. The molecule has 1 saturated heterocycles. The molecule has 1 atom stereocenters. The van der Waals surface area contributed by atoms with Crippen molar-refractivity contribution in [2.24, 2.45) is 0 Å². The quantitative estimate of drug-likeness (QED) is 0.881. The minimum Gasteiger partial charge on any atom is -0.315 e. The number of aromatic amines is 1. The number of aromatic nitrogens is 2. The molecule has 0 radical (unpaired) electrons. The highest BCUT2D eigenvalue weighted by atomic mass is 32.1. The van der Waals surface area contributed by atoms with Gasteiger partial charge in [-0.1, -0.05) is 6.92 Å². The summed E-state index contributed by atoms with van der Waals surface area (Å²) in [6, 6.07) is 2.46. The third kappa shape index (κ3) is 2.56. The molecule has 3 rings (SSSR count). The van der Waals surface area contributed by atoms with Gasteiger partial charge in [0.15, 0.2) is 0 Å². The van der Waals surface area contributed by atoms with Gasteiger partial charge >= 0.3 is 0 Å². The van der Waals surface area contributed by atoms with E-state index in [2.05, 4.69) is 27.1 Å². The lowest BCUT2D eigenvalue weighted by atomic mass is 10.2. The normalized spacial score (nSPS) is 19.6. The van der Waals surface area contributed by atoms with Crippen LogP contribution in [0.2, 0.25) is 0 Å². The molecule has 0 aliphatic carbocycles. The fourth-order valence-corrected chi connectivity index (χ4v) is 3.36. The van der Waals surface area contributed by atoms with Crippen LogP contribution in [-0.4, -0.2) is 40.5 Å². The highest BCUT2D eigenvalue weighted by Crippen LogP contribution is 2.15. The largest absolute Gasteiger partial charge is 0.315 e. The van der Waals surface area contributed by atoms with Crippen molar-refractivity contribution in [2.45, 2.75) is 25.9 Å². The zero-order chi connectivity index (χ0) is 13.2. The van der Waals surface area contributed by atoms with Crippen molar-refractivity contribution >= 4 is 21.6 Å². The van der Waals surface area contributed by atoms with Crippen molar-refractivity contribution in [3.05, 3.63) is 27.6 Å². The van der Waals surface area contributed by atoms with Gasteiger partial charge in [-0.15, -0.1) is 11.3 Å². The summed E-state index contributed by atoms with van der Waals surface area (Å²) >= 11 is 1.44. The first kappa shape index (κ1) is 12.8. The van der Waals surface area contributed by atoms with Crippen LogP contribution in [-0.2, 0) is 6.54 Å². The Morgan fingerprint density at radius 1 is 1.58 bits per heavy atom. The lowest BCUT2D eigenvalue weighted by Gasteiger charge is -2.26. The second-order valence-electron chi connectivity index (χ2n) is 4.86. The van der Waals surface area contributed by atoms with Crippen molar-refractivity contribution in [2.75, 3.05) is 19.6 Å². The standard InChI is InChI=1S/C13H18N4OS/c1-2-17(9-3-5-14-7-9)8-11-15-10-4-6-19-12(10)13(18)16-11/h4,6,9,14H,2-3,5,7-8H2,1H3,(H,15,16,18). The predicted molar refractivity (Wildman–Crippen MR) is 77.6 cm³/mol. The second kappa shape index (κ2) is 5.40. The van der Waals surface area contributed by atoms with E-state index >= 15 is 0 Å². The number of rotatable bonds is 4. The molecule has 6 heteroatoms. The van der Waals surface area contributed by atoms with Crippen molar-refractivity contribution < 1.29 is 0 Å². The summed E-state index contributed by atoms with van der Waals surface area (Å²) in [4.78, 5) is 21.8. The molecular weight excluding hydrogens is 260 g/mol. The van der Waals surface area contributed by atoms with Crippen LogP contribution in [0.5, 0.6) is 0 Å². The smallest absolute Gasteiger partial charge is 0.268 e. The Hall–Kier alpha value is -1.24. The fourth-order valence-electron chi connectivity index (χ4n) is 2.64. The van der Waals surface area contributed by atoms with E-state index in [9.17, 15) is 4.79 Å². The average Bonchev–Trinajstić information content (AvgIpc) is 3.06. The number of hydrogen-bond donors (Lipinski definition) is 2. The molecule has 3 heterocycles. The highest BCUT2D eigenvalue weighted by Gasteiger charge is 2.21. The third-order valence-corrected chi connectivity index (χ3v) is 4.58. The van der Waals surface area contributed by atoms with Crippen molar-refractivity contribution in [3.8, 4) is 0 Å². The molecule has 0 bridgehead atoms. The van der Waals surface area contributed by atoms with Gasteiger partial charge in [-0.25, -0.2) is 4.98 Å². The van der Waals surface area contributed by atoms with Crippen LogP contribution >= 0.6 is 11.3 Å². The number of likely N-dealkylation sites (N-methyl/N-ethyl adjacent to an activating group) is 1. The summed E-state index contributed by atoms with van der Waals surface area (Å²) in [6.07, 6.45) is 1.17. The molecule has 0 amide bonds. The SMILES string of the molecule is CCN(Cc1nc2ccsc2c(=O)[nH]1)C1CCNC1. The molecule has 1 fully saturated rings. The summed E-state index contributed by atoms with van der Waals surface area (Å²) in [5.41, 5.74) is 0.792. The maximum absolute atomic E-state index is 11.9. The Kier molecular flexibility index (Phi) is 3.63. The Labute approximate surface area is 115 Å². The summed E-state index contributed by atoms with van der Waals surface area (Å²) < 4.78 is 0.717. The van der Waals surface area contributed by atoms with E-state index in [0.717, 1.165) is 31.0 Å². The van der Waals surface area contributed by atoms with Crippen LogP contribution in [0.3, 0.4) is 0 Å². The maximum Gasteiger partial charge on any atom is 0.268 e. The van der Waals surface area contributed by atoms with Gasteiger partial charge in [-0.05, 0) is 31.0 Å². The first-order valence-electron chi connectivity index (χ1n) is 6.69. The van der Waals surface area contributed by atoms with Crippen LogP contribution in [0.4, 0.5) is 0 Å². The van der Waals surface area contributed by atoms with Gasteiger partial charge in [0.05, 0.1) is 12.1 Å². The molecule has 5 nitrogen and oxygen atoms in total. The Balaban J connectivity index is 1.85. The van der Waals surface area contributed by atoms with E-state index in [0.29, 0.717) is 17.3 Å². The Morgan fingerprint density at radius 3 is 3.21 bits per heavy atom. The maximum atomic E-state index is 11.9. The zero-order valence-corrected chi connectivity index (χ0v) is 11.8. The first-order valence-corrected chi connectivity index (χ1v) is 7.57. The minimum atomic E-state index is -0.0180. The Morgan fingerprint density at radius 2 is 2.47 bits per heavy atom. The van der Waals surface area contributed by atoms with E-state index in [1.807, 2.05) is 11.4 Å². The number of H-pyrrole nitrogens is 1. The Bertz CT molecular complexity index is 614. The average molecular weight is 278 g/mol. The lowest BCUT2D eigenvalue weighted by Crippen LogP contribution is -2.37. The number of nitrogens with one attached hydrogen (secondary N) is 2. The topological polar surface area (TPSA) is 61.0 Å². The van der Waals surface area contributed by atoms with Gasteiger partial charge < -0.3 is 10.3 Å². The second-order valence-corrected chi connectivity index (χ2v) is 5.77. The van der Waals surface area contributed by atoms with Gasteiger partial charge in [0.25, 0.3) is 5.56 Å². The molecule has 0 spiro atoms. The number of hydrogen-bond acceptors (Lipinski definition) is 5. The van der Waals surface area contributed by atoms with Crippen LogP contribution in [0.15, 0.2) is 16.2 Å². The molecule has 102 valence electrons. The molecule has 0 aromatic carbocycles. The molecule has 2 aromatic rings. The van der Waals surface area contributed by atoms with Gasteiger partial charge in [0, 0.05) is 12.6 Å². The molecule has 19 heavy (non-hydrogen) atoms. The van der Waals surface area contributed by atoms with E-state index < -0.39 is 0 Å². The van der Waals surface area contributed by atoms with Crippen molar-refractivity contribution in [3.63, 3.8) is 0 Å². The molecular formula is C13H18N4OS. The van der Waals surface area contributed by atoms with Crippen molar-refractivity contribution in [1.82, 2.24) is 20.2 Å². The van der Waals surface area contributed by atoms with Gasteiger partial charge in [0.1, 0.15) is 10.5 Å². The molecule has 0 saturated carbocycles. The van der Waals surface area contributed by atoms with E-state index in [-0.39, 0.29) is 5.56 Å². The molecule has 2 N–H and O–H groups in total. The van der Waals surface area contributed by atoms with E-state index in [1.54, 1.807) is 0 Å². The molecule has 2 aromatic heterocycles. The van der Waals surface area contributed by atoms with Gasteiger partial charge in [0.2, 0.25) is 0 Å². The van der Waals surface area contributed by atoms with E-state index in [1.165, 1.54) is 17.8 Å². The van der Waals surface area contributed by atoms with Crippen LogP contribution in [0.25, 0.3) is 10.2 Å². The van der Waals surface area contributed by atoms with Gasteiger partial charge in [-0.3, -0.25) is 9.69 Å². The summed E-state index contributed by atoms with van der Waals surface area (Å²) in [6.45, 7) is 5.94. The number of nitrogens with zero attached hydrogens (tertiary/aromatic N) is 2. The summed E-state index contributed by atoms with van der Waals surface area (Å²) in [5, 5.41) is 5.29. The van der Waals surface area contributed by atoms with Gasteiger partial charge in [-0.2, -0.15) is 0 Å². The number of thiophene rings is 1. The molecule has 1 aliphatic rings. The van der Waals surface area contributed by atoms with Crippen LogP contribution < -0.4 is 10.9 Å². The lowest BCUT2D eigenvalue weighted by molar-refractivity contribution is 0.205. The van der Waals surface area contributed by atoms with Crippen molar-refractivity contribution in [1.29, 1.82) is 0 Å². The van der Waals surface area contributed by atoms with Crippen LogP contribution in [0, 0.1) is 0 Å². The fraction of sp³-hybridized carbons (Fsp3) is 0.538. The number of fused-ring (bicyclic) bond motifs is 1. The highest BCUT2D eigenvalue weighted by molar-refractivity contribution is 7.17. The predicted octanol–water partition coefficient (Wildman–Crippen LogP) is 1.17. The monoisotopic (exact) mass is 278 g/mol. The van der Waals surface area contributed by atoms with Crippen LogP contribution in [0.1, 0.15) is 19.2 Å². The minimum absolute atomic E-state index is 0.0180. The zero-order valence-electron chi connectivity index (χ0n) is 11.0. The van der Waals surface area contributed by atoms with E-state index in [4.69, 9.17) is 0 Å². The summed E-state index contributed by atoms with van der Waals surface area (Å²) in [7, 11) is 0. The summed E-state index contributed by atoms with van der Waals surface area (Å²) in [5.74, 6) is 0.768. The molecule has 1 aliphatic heterocycles. The molecule has 1 unspecified atom stereocenters. The third-order valence-electron chi connectivity index (χ3n) is 3.67.